The fourth-order valence-electron chi connectivity index (χ4n) is 0.880. The molecule has 0 unspecified atom stereocenters. The molecule has 0 aliphatic rings. The van der Waals surface area contributed by atoms with Crippen LogP contribution in [0.4, 0.5) is 0 Å². The molecule has 3 nitrogen and oxygen atoms in total. The third-order valence-corrected chi connectivity index (χ3v) is 2.64. The molecule has 0 spiro atoms. The molecule has 0 bridgehead atoms. The molecule has 0 aliphatic heterocycles. The predicted molar refractivity (Wildman–Crippen MR) is 58.4 cm³/mol. The molecule has 13 heavy (non-hydrogen) atoms. The van der Waals surface area contributed by atoms with Crippen molar-refractivity contribution in [3.63, 3.8) is 0 Å². The van der Waals surface area contributed by atoms with Gasteiger partial charge in [0.1, 0.15) is 0 Å². The lowest BCUT2D eigenvalue weighted by molar-refractivity contribution is 0.194. The van der Waals surface area contributed by atoms with Crippen LogP contribution in [-0.2, 0) is 4.74 Å². The quantitative estimate of drug-likeness (QED) is 0.518. The molecule has 0 aromatic heterocycles. The van der Waals surface area contributed by atoms with Gasteiger partial charge in [-0.15, -0.1) is 0 Å². The van der Waals surface area contributed by atoms with Gasteiger partial charge in [0.15, 0.2) is 0 Å². The van der Waals surface area contributed by atoms with E-state index in [0.717, 1.165) is 44.0 Å². The van der Waals surface area contributed by atoms with Crippen LogP contribution in [0.5, 0.6) is 0 Å². The molecule has 0 aromatic carbocycles. The van der Waals surface area contributed by atoms with E-state index in [1.807, 2.05) is 11.8 Å². The highest BCUT2D eigenvalue weighted by atomic mass is 32.2. The van der Waals surface area contributed by atoms with Crippen LogP contribution >= 0.6 is 11.8 Å². The van der Waals surface area contributed by atoms with Crippen LogP contribution in [0.2, 0.25) is 0 Å². The largest absolute Gasteiger partial charge is 0.396 e. The van der Waals surface area contributed by atoms with Gasteiger partial charge in [0.2, 0.25) is 0 Å². The molecule has 0 heterocycles. The van der Waals surface area contributed by atoms with E-state index in [0.29, 0.717) is 6.61 Å². The second kappa shape index (κ2) is 12.2. The topological polar surface area (TPSA) is 41.5 Å². The van der Waals surface area contributed by atoms with Gasteiger partial charge in [0.05, 0.1) is 0 Å². The third-order valence-electron chi connectivity index (χ3n) is 1.57. The molecule has 0 radical (unpaired) electrons. The summed E-state index contributed by atoms with van der Waals surface area (Å²) in [6.07, 6.45) is 1.99. The van der Waals surface area contributed by atoms with E-state index in [1.165, 1.54) is 0 Å². The van der Waals surface area contributed by atoms with Crippen LogP contribution in [0.25, 0.3) is 0 Å². The number of rotatable bonds is 10. The molecule has 0 saturated heterocycles. The first-order valence-corrected chi connectivity index (χ1v) is 5.95. The second-order valence-electron chi connectivity index (χ2n) is 2.79. The summed E-state index contributed by atoms with van der Waals surface area (Å²) in [4.78, 5) is 0. The SMILES string of the molecule is COCCCNCCSCCCO. The number of methoxy groups -OCH3 is 1. The summed E-state index contributed by atoms with van der Waals surface area (Å²) in [5.41, 5.74) is 0. The zero-order chi connectivity index (χ0) is 9.78. The standard InChI is InChI=1S/C9H21NO2S/c1-12-7-2-4-10-5-9-13-8-3-6-11/h10-11H,2-9H2,1H3. The Hall–Kier alpha value is 0.230. The molecule has 0 amide bonds. The molecule has 0 saturated carbocycles. The van der Waals surface area contributed by atoms with Gasteiger partial charge in [0.25, 0.3) is 0 Å². The number of aliphatic hydroxyl groups is 1. The lowest BCUT2D eigenvalue weighted by Crippen LogP contribution is -2.19. The summed E-state index contributed by atoms with van der Waals surface area (Å²) in [6, 6.07) is 0. The minimum Gasteiger partial charge on any atom is -0.396 e. The Morgan fingerprint density at radius 2 is 2.08 bits per heavy atom. The van der Waals surface area contributed by atoms with Crippen molar-refractivity contribution in [2.75, 3.05) is 44.9 Å². The molecular formula is C9H21NO2S. The van der Waals surface area contributed by atoms with Gasteiger partial charge in [-0.05, 0) is 25.1 Å². The number of nitrogens with one attached hydrogen (secondary N) is 1. The van der Waals surface area contributed by atoms with Crippen molar-refractivity contribution in [2.24, 2.45) is 0 Å². The monoisotopic (exact) mass is 207 g/mol. The van der Waals surface area contributed by atoms with E-state index >= 15 is 0 Å². The van der Waals surface area contributed by atoms with E-state index in [9.17, 15) is 0 Å². The van der Waals surface area contributed by atoms with Crippen LogP contribution in [0.3, 0.4) is 0 Å². The lowest BCUT2D eigenvalue weighted by Gasteiger charge is -2.03. The van der Waals surface area contributed by atoms with Crippen molar-refractivity contribution < 1.29 is 9.84 Å². The number of aliphatic hydroxyl groups excluding tert-OH is 1. The van der Waals surface area contributed by atoms with Crippen molar-refractivity contribution in [3.8, 4) is 0 Å². The predicted octanol–water partition coefficient (Wildman–Crippen LogP) is 0.728. The van der Waals surface area contributed by atoms with E-state index in [2.05, 4.69) is 5.32 Å². The van der Waals surface area contributed by atoms with Crippen LogP contribution < -0.4 is 5.32 Å². The zero-order valence-corrected chi connectivity index (χ0v) is 9.24. The second-order valence-corrected chi connectivity index (χ2v) is 4.01. The van der Waals surface area contributed by atoms with Crippen molar-refractivity contribution in [3.05, 3.63) is 0 Å². The Balaban J connectivity index is 2.76. The molecule has 0 aromatic rings. The molecular weight excluding hydrogens is 186 g/mol. The molecule has 0 rings (SSSR count). The summed E-state index contributed by atoms with van der Waals surface area (Å²) in [6.45, 7) is 3.24. The molecule has 0 aliphatic carbocycles. The fraction of sp³-hybridized carbons (Fsp3) is 1.00. The van der Waals surface area contributed by atoms with Gasteiger partial charge in [-0.2, -0.15) is 11.8 Å². The lowest BCUT2D eigenvalue weighted by atomic mass is 10.4. The molecule has 2 N–H and O–H groups in total. The molecule has 0 fully saturated rings. The summed E-state index contributed by atoms with van der Waals surface area (Å²) < 4.78 is 4.93. The van der Waals surface area contributed by atoms with Crippen molar-refractivity contribution in [2.45, 2.75) is 12.8 Å². The molecule has 4 heteroatoms. The average Bonchev–Trinajstić information content (AvgIpc) is 2.16. The van der Waals surface area contributed by atoms with Gasteiger partial charge in [-0.3, -0.25) is 0 Å². The molecule has 80 valence electrons. The first-order valence-electron chi connectivity index (χ1n) is 4.80. The van der Waals surface area contributed by atoms with Crippen LogP contribution in [0, 0.1) is 0 Å². The summed E-state index contributed by atoms with van der Waals surface area (Å²) in [7, 11) is 1.73. The first-order chi connectivity index (χ1) is 6.41. The van der Waals surface area contributed by atoms with Crippen LogP contribution in [0.1, 0.15) is 12.8 Å². The number of hydrogen-bond acceptors (Lipinski definition) is 4. The Morgan fingerprint density at radius 3 is 2.77 bits per heavy atom. The number of ether oxygens (including phenoxy) is 1. The molecule has 0 atom stereocenters. The van der Waals surface area contributed by atoms with Crippen molar-refractivity contribution in [1.29, 1.82) is 0 Å². The Bertz CT molecular complexity index is 83.7. The number of thioether (sulfide) groups is 1. The first kappa shape index (κ1) is 13.2. The fourth-order valence-corrected chi connectivity index (χ4v) is 1.71. The van der Waals surface area contributed by atoms with Gasteiger partial charge >= 0.3 is 0 Å². The van der Waals surface area contributed by atoms with Crippen LogP contribution in [0.15, 0.2) is 0 Å². The number of hydrogen-bond donors (Lipinski definition) is 2. The third kappa shape index (κ3) is 12.2. The normalized spacial score (nSPS) is 10.6. The Kier molecular flexibility index (Phi) is 12.4. The smallest absolute Gasteiger partial charge is 0.0474 e. The van der Waals surface area contributed by atoms with E-state index in [4.69, 9.17) is 9.84 Å². The van der Waals surface area contributed by atoms with E-state index in [-0.39, 0.29) is 0 Å². The highest BCUT2D eigenvalue weighted by Crippen LogP contribution is 1.99. The van der Waals surface area contributed by atoms with Crippen LogP contribution in [-0.4, -0.2) is 50.0 Å². The van der Waals surface area contributed by atoms with E-state index < -0.39 is 0 Å². The summed E-state index contributed by atoms with van der Waals surface area (Å²) in [5, 5.41) is 11.9. The van der Waals surface area contributed by atoms with Gasteiger partial charge in [-0.1, -0.05) is 0 Å². The highest BCUT2D eigenvalue weighted by Gasteiger charge is 1.89. The summed E-state index contributed by atoms with van der Waals surface area (Å²) in [5.74, 6) is 2.20. The van der Waals surface area contributed by atoms with Crippen molar-refractivity contribution >= 4 is 11.8 Å². The zero-order valence-electron chi connectivity index (χ0n) is 8.42. The van der Waals surface area contributed by atoms with Gasteiger partial charge in [0, 0.05) is 32.6 Å². The summed E-state index contributed by atoms with van der Waals surface area (Å²) >= 11 is 1.89. The minimum atomic E-state index is 0.314. The maximum absolute atomic E-state index is 8.52. The Labute approximate surface area is 85.2 Å². The Morgan fingerprint density at radius 1 is 1.23 bits per heavy atom. The van der Waals surface area contributed by atoms with Gasteiger partial charge in [-0.25, -0.2) is 0 Å². The maximum atomic E-state index is 8.52. The average molecular weight is 207 g/mol. The van der Waals surface area contributed by atoms with E-state index in [1.54, 1.807) is 7.11 Å². The van der Waals surface area contributed by atoms with Crippen molar-refractivity contribution in [1.82, 2.24) is 5.32 Å². The maximum Gasteiger partial charge on any atom is 0.0474 e. The minimum absolute atomic E-state index is 0.314. The van der Waals surface area contributed by atoms with Gasteiger partial charge < -0.3 is 15.2 Å². The highest BCUT2D eigenvalue weighted by molar-refractivity contribution is 7.99.